The van der Waals surface area contributed by atoms with Crippen LogP contribution in [-0.4, -0.2) is 18.1 Å². The molecule has 3 heteroatoms. The molecule has 2 nitrogen and oxygen atoms in total. The van der Waals surface area contributed by atoms with Crippen LogP contribution in [0.25, 0.3) is 22.2 Å². The molecule has 0 radical (unpaired) electrons. The number of benzene rings is 1. The van der Waals surface area contributed by atoms with Crippen LogP contribution in [-0.2, 0) is 12.8 Å². The lowest BCUT2D eigenvalue weighted by atomic mass is 9.91. The number of hydrogen-bond acceptors (Lipinski definition) is 3. The summed E-state index contributed by atoms with van der Waals surface area (Å²) in [5.74, 6) is 0. The standard InChI is InChI=1S/C20H20N2S/c1-4-11-22(12-5-1)20-14-6-2-3-7-17(14)21-19-15-10-13-23-18(15)9-8-16(19)20/h2-3,6-7,10,13H,1,4-5,8-9,11-12H2. The average molecular weight is 320 g/mol. The van der Waals surface area contributed by atoms with Gasteiger partial charge in [0.15, 0.2) is 0 Å². The maximum Gasteiger partial charge on any atom is 0.0773 e. The second-order valence-corrected chi connectivity index (χ2v) is 7.61. The Hall–Kier alpha value is -1.87. The highest BCUT2D eigenvalue weighted by atomic mass is 32.1. The molecule has 5 rings (SSSR count). The molecular weight excluding hydrogens is 300 g/mol. The Labute approximate surface area is 140 Å². The third-order valence-electron chi connectivity index (χ3n) is 5.24. The van der Waals surface area contributed by atoms with E-state index >= 15 is 0 Å². The van der Waals surface area contributed by atoms with Gasteiger partial charge in [0.05, 0.1) is 16.9 Å². The maximum absolute atomic E-state index is 5.06. The summed E-state index contributed by atoms with van der Waals surface area (Å²) in [6.07, 6.45) is 6.30. The lowest BCUT2D eigenvalue weighted by Crippen LogP contribution is -2.31. The summed E-state index contributed by atoms with van der Waals surface area (Å²) in [5, 5.41) is 3.56. The van der Waals surface area contributed by atoms with E-state index in [0.29, 0.717) is 0 Å². The smallest absolute Gasteiger partial charge is 0.0773 e. The summed E-state index contributed by atoms with van der Waals surface area (Å²) >= 11 is 1.88. The molecule has 2 aliphatic rings. The molecule has 0 N–H and O–H groups in total. The van der Waals surface area contributed by atoms with Gasteiger partial charge in [-0.2, -0.15) is 0 Å². The number of aromatic nitrogens is 1. The Bertz CT molecular complexity index is 874. The second kappa shape index (κ2) is 5.34. The van der Waals surface area contributed by atoms with Crippen LogP contribution < -0.4 is 4.90 Å². The second-order valence-electron chi connectivity index (χ2n) is 6.61. The van der Waals surface area contributed by atoms with E-state index in [1.54, 1.807) is 0 Å². The minimum absolute atomic E-state index is 1.13. The first-order valence-electron chi connectivity index (χ1n) is 8.65. The first kappa shape index (κ1) is 13.6. The van der Waals surface area contributed by atoms with Gasteiger partial charge in [-0.1, -0.05) is 18.2 Å². The number of aryl methyl sites for hydroxylation is 1. The molecule has 1 aliphatic heterocycles. The number of fused-ring (bicyclic) bond motifs is 4. The molecule has 1 fully saturated rings. The van der Waals surface area contributed by atoms with Crippen molar-refractivity contribution in [1.29, 1.82) is 0 Å². The molecule has 0 bridgehead atoms. The zero-order valence-electron chi connectivity index (χ0n) is 13.2. The predicted octanol–water partition coefficient (Wildman–Crippen LogP) is 5.05. The van der Waals surface area contributed by atoms with E-state index in [0.717, 1.165) is 11.9 Å². The molecule has 3 aromatic rings. The molecule has 1 aliphatic carbocycles. The van der Waals surface area contributed by atoms with E-state index < -0.39 is 0 Å². The van der Waals surface area contributed by atoms with Crippen molar-refractivity contribution < 1.29 is 0 Å². The summed E-state index contributed by atoms with van der Waals surface area (Å²) in [6, 6.07) is 11.0. The van der Waals surface area contributed by atoms with Gasteiger partial charge in [0, 0.05) is 34.5 Å². The van der Waals surface area contributed by atoms with Crippen LogP contribution in [0.1, 0.15) is 29.7 Å². The maximum atomic E-state index is 5.06. The van der Waals surface area contributed by atoms with Crippen LogP contribution >= 0.6 is 11.3 Å². The number of rotatable bonds is 1. The third kappa shape index (κ3) is 2.10. The van der Waals surface area contributed by atoms with Gasteiger partial charge in [-0.05, 0) is 49.6 Å². The van der Waals surface area contributed by atoms with Gasteiger partial charge in [0.2, 0.25) is 0 Å². The molecule has 1 aromatic carbocycles. The average Bonchev–Trinajstić information content (AvgIpc) is 3.09. The quantitative estimate of drug-likeness (QED) is 0.623. The van der Waals surface area contributed by atoms with E-state index in [-0.39, 0.29) is 0 Å². The fraction of sp³-hybridized carbons (Fsp3) is 0.350. The van der Waals surface area contributed by atoms with Gasteiger partial charge in [0.1, 0.15) is 0 Å². The topological polar surface area (TPSA) is 16.1 Å². The van der Waals surface area contributed by atoms with Crippen LogP contribution in [0.4, 0.5) is 5.69 Å². The molecule has 0 amide bonds. The molecule has 23 heavy (non-hydrogen) atoms. The summed E-state index contributed by atoms with van der Waals surface area (Å²) in [5.41, 5.74) is 6.72. The van der Waals surface area contributed by atoms with Crippen LogP contribution in [0.15, 0.2) is 35.7 Å². The highest BCUT2D eigenvalue weighted by Crippen LogP contribution is 2.43. The van der Waals surface area contributed by atoms with Gasteiger partial charge in [-0.15, -0.1) is 11.3 Å². The van der Waals surface area contributed by atoms with Gasteiger partial charge in [-0.3, -0.25) is 0 Å². The number of pyridine rings is 1. The van der Waals surface area contributed by atoms with Crippen LogP contribution in [0.3, 0.4) is 0 Å². The monoisotopic (exact) mass is 320 g/mol. The van der Waals surface area contributed by atoms with E-state index in [2.05, 4.69) is 40.6 Å². The van der Waals surface area contributed by atoms with Gasteiger partial charge in [0.25, 0.3) is 0 Å². The summed E-state index contributed by atoms with van der Waals surface area (Å²) < 4.78 is 0. The molecule has 0 unspecified atom stereocenters. The number of anilines is 1. The van der Waals surface area contributed by atoms with Crippen molar-refractivity contribution in [1.82, 2.24) is 4.98 Å². The van der Waals surface area contributed by atoms with Crippen LogP contribution in [0, 0.1) is 0 Å². The van der Waals surface area contributed by atoms with Gasteiger partial charge in [-0.25, -0.2) is 4.98 Å². The van der Waals surface area contributed by atoms with Crippen molar-refractivity contribution in [3.8, 4) is 11.3 Å². The van der Waals surface area contributed by atoms with Crippen LogP contribution in [0.2, 0.25) is 0 Å². The zero-order chi connectivity index (χ0) is 15.2. The van der Waals surface area contributed by atoms with Crippen LogP contribution in [0.5, 0.6) is 0 Å². The van der Waals surface area contributed by atoms with Crippen molar-refractivity contribution in [2.75, 3.05) is 18.0 Å². The van der Waals surface area contributed by atoms with Crippen molar-refractivity contribution in [2.24, 2.45) is 0 Å². The molecule has 116 valence electrons. The summed E-state index contributed by atoms with van der Waals surface area (Å²) in [7, 11) is 0. The lowest BCUT2D eigenvalue weighted by molar-refractivity contribution is 0.577. The van der Waals surface area contributed by atoms with Gasteiger partial charge < -0.3 is 4.90 Å². The van der Waals surface area contributed by atoms with E-state index in [9.17, 15) is 0 Å². The highest BCUT2D eigenvalue weighted by molar-refractivity contribution is 7.10. The molecule has 0 atom stereocenters. The third-order valence-corrected chi connectivity index (χ3v) is 6.22. The fourth-order valence-electron chi connectivity index (χ4n) is 4.16. The Balaban J connectivity index is 1.81. The first-order valence-corrected chi connectivity index (χ1v) is 9.53. The molecule has 0 spiro atoms. The number of thiophene rings is 1. The molecule has 3 heterocycles. The lowest BCUT2D eigenvalue weighted by Gasteiger charge is -2.33. The number of nitrogens with zero attached hydrogens (tertiary/aromatic N) is 2. The molecule has 0 saturated carbocycles. The van der Waals surface area contributed by atoms with Crippen molar-refractivity contribution in [3.63, 3.8) is 0 Å². The normalized spacial score (nSPS) is 17.1. The molecule has 1 saturated heterocycles. The Morgan fingerprint density at radius 1 is 0.957 bits per heavy atom. The summed E-state index contributed by atoms with van der Waals surface area (Å²) in [6.45, 7) is 2.38. The predicted molar refractivity (Wildman–Crippen MR) is 98.5 cm³/mol. The van der Waals surface area contributed by atoms with E-state index in [1.807, 2.05) is 11.3 Å². The van der Waals surface area contributed by atoms with E-state index in [4.69, 9.17) is 4.98 Å². The largest absolute Gasteiger partial charge is 0.371 e. The number of piperidine rings is 1. The minimum atomic E-state index is 1.13. The Morgan fingerprint density at radius 3 is 2.74 bits per heavy atom. The highest BCUT2D eigenvalue weighted by Gasteiger charge is 2.26. The van der Waals surface area contributed by atoms with Crippen molar-refractivity contribution in [2.45, 2.75) is 32.1 Å². The molecule has 2 aromatic heterocycles. The van der Waals surface area contributed by atoms with Crippen molar-refractivity contribution >= 4 is 27.9 Å². The zero-order valence-corrected chi connectivity index (χ0v) is 14.0. The SMILES string of the molecule is c1ccc2c(N3CCCCC3)c3c(nc2c1)-c1ccsc1CC3. The Kier molecular flexibility index (Phi) is 3.15. The van der Waals surface area contributed by atoms with E-state index in [1.165, 1.54) is 71.5 Å². The molecular formula is C20H20N2S. The summed E-state index contributed by atoms with van der Waals surface area (Å²) in [4.78, 5) is 9.20. The fourth-order valence-corrected chi connectivity index (χ4v) is 5.04. The minimum Gasteiger partial charge on any atom is -0.371 e. The van der Waals surface area contributed by atoms with Gasteiger partial charge >= 0.3 is 0 Å². The number of para-hydroxylation sites is 1. The first-order chi connectivity index (χ1) is 11.4. The van der Waals surface area contributed by atoms with Crippen molar-refractivity contribution in [3.05, 3.63) is 46.2 Å². The number of hydrogen-bond donors (Lipinski definition) is 0. The Morgan fingerprint density at radius 2 is 1.83 bits per heavy atom.